The van der Waals surface area contributed by atoms with E-state index in [0.717, 1.165) is 32.1 Å². The van der Waals surface area contributed by atoms with E-state index < -0.39 is 0 Å². The van der Waals surface area contributed by atoms with E-state index in [1.807, 2.05) is 0 Å². The van der Waals surface area contributed by atoms with Gasteiger partial charge in [-0.1, -0.05) is 34.6 Å². The van der Waals surface area contributed by atoms with Crippen LogP contribution in [0.25, 0.3) is 0 Å². The normalized spacial score (nSPS) is 63.9. The number of rotatable bonds is 1. The molecule has 6 aliphatic rings. The minimum Gasteiger partial charge on any atom is -0.393 e. The molecule has 6 rings (SSSR count). The molecule has 1 aliphatic heterocycles. The van der Waals surface area contributed by atoms with Crippen LogP contribution in [0.1, 0.15) is 86.0 Å². The maximum atomic E-state index is 11.8. The third kappa shape index (κ3) is 2.23. The van der Waals surface area contributed by atoms with Gasteiger partial charge in [-0.05, 0) is 95.7 Å². The molecule has 31 heavy (non-hydrogen) atoms. The van der Waals surface area contributed by atoms with Crippen LogP contribution >= 0.6 is 0 Å². The van der Waals surface area contributed by atoms with E-state index in [1.54, 1.807) is 7.11 Å². The van der Waals surface area contributed by atoms with Crippen LogP contribution in [0.4, 0.5) is 0 Å². The van der Waals surface area contributed by atoms with E-state index in [9.17, 15) is 10.2 Å². The lowest BCUT2D eigenvalue weighted by atomic mass is 9.41. The number of ether oxygens (including phenoxy) is 2. The van der Waals surface area contributed by atoms with Gasteiger partial charge in [0.2, 0.25) is 0 Å². The van der Waals surface area contributed by atoms with Crippen molar-refractivity contribution in [2.45, 2.75) is 111 Å². The summed E-state index contributed by atoms with van der Waals surface area (Å²) in [6.07, 6.45) is 8.49. The van der Waals surface area contributed by atoms with Gasteiger partial charge in [0, 0.05) is 13.5 Å². The van der Waals surface area contributed by atoms with Crippen LogP contribution in [0.3, 0.4) is 0 Å². The predicted molar refractivity (Wildman–Crippen MR) is 119 cm³/mol. The van der Waals surface area contributed by atoms with Crippen molar-refractivity contribution in [1.82, 2.24) is 0 Å². The van der Waals surface area contributed by atoms with Crippen LogP contribution in [0.2, 0.25) is 0 Å². The molecule has 176 valence electrons. The van der Waals surface area contributed by atoms with E-state index in [4.69, 9.17) is 9.47 Å². The molecule has 12 atom stereocenters. The smallest absolute Gasteiger partial charge is 0.157 e. The quantitative estimate of drug-likeness (QED) is 0.627. The van der Waals surface area contributed by atoms with Crippen LogP contribution in [0.5, 0.6) is 0 Å². The van der Waals surface area contributed by atoms with Gasteiger partial charge in [0.15, 0.2) is 6.29 Å². The maximum absolute atomic E-state index is 11.8. The molecule has 0 unspecified atom stereocenters. The number of hydrogen-bond acceptors (Lipinski definition) is 4. The largest absolute Gasteiger partial charge is 0.393 e. The van der Waals surface area contributed by atoms with E-state index >= 15 is 0 Å². The number of aliphatic hydroxyl groups is 2. The summed E-state index contributed by atoms with van der Waals surface area (Å²) in [6, 6.07) is 0. The fourth-order valence-electron chi connectivity index (χ4n) is 11.4. The molecule has 0 amide bonds. The average Bonchev–Trinajstić information content (AvgIpc) is 3.28. The summed E-state index contributed by atoms with van der Waals surface area (Å²) in [7, 11) is 1.77. The van der Waals surface area contributed by atoms with Gasteiger partial charge >= 0.3 is 0 Å². The Kier molecular flexibility index (Phi) is 4.20. The Morgan fingerprint density at radius 2 is 1.68 bits per heavy atom. The van der Waals surface area contributed by atoms with Gasteiger partial charge in [0.1, 0.15) is 0 Å². The predicted octanol–water partition coefficient (Wildman–Crippen LogP) is 4.76. The molecular weight excluding hydrogens is 388 g/mol. The summed E-state index contributed by atoms with van der Waals surface area (Å²) in [6.45, 7) is 12.0. The average molecular weight is 433 g/mol. The molecule has 0 aromatic heterocycles. The summed E-state index contributed by atoms with van der Waals surface area (Å²) < 4.78 is 12.2. The zero-order chi connectivity index (χ0) is 22.2. The highest BCUT2D eigenvalue weighted by molar-refractivity contribution is 5.32. The summed E-state index contributed by atoms with van der Waals surface area (Å²) in [5.41, 5.74) is 0.846. The topological polar surface area (TPSA) is 58.9 Å². The minimum absolute atomic E-state index is 0.0777. The second kappa shape index (κ2) is 6.09. The van der Waals surface area contributed by atoms with Crippen molar-refractivity contribution >= 4 is 0 Å². The van der Waals surface area contributed by atoms with Gasteiger partial charge < -0.3 is 19.7 Å². The van der Waals surface area contributed by atoms with Crippen molar-refractivity contribution in [2.75, 3.05) is 7.11 Å². The molecular formula is C27H44O4. The Balaban J connectivity index is 1.41. The van der Waals surface area contributed by atoms with Crippen LogP contribution in [0.15, 0.2) is 0 Å². The first-order chi connectivity index (χ1) is 14.5. The molecule has 0 bridgehead atoms. The molecule has 0 aromatic carbocycles. The molecule has 0 aromatic rings. The molecule has 5 aliphatic carbocycles. The van der Waals surface area contributed by atoms with Crippen molar-refractivity contribution in [2.24, 2.45) is 50.7 Å². The summed E-state index contributed by atoms with van der Waals surface area (Å²) in [5.74, 6) is 1.96. The molecule has 2 spiro atoms. The van der Waals surface area contributed by atoms with Gasteiger partial charge in [0.05, 0.1) is 18.3 Å². The zero-order valence-electron chi connectivity index (χ0n) is 20.5. The Labute approximate surface area is 188 Å². The molecule has 4 nitrogen and oxygen atoms in total. The molecule has 1 saturated heterocycles. The van der Waals surface area contributed by atoms with Crippen LogP contribution in [-0.2, 0) is 9.47 Å². The first kappa shape index (κ1) is 21.4. The Hall–Kier alpha value is -0.160. The number of aliphatic hydroxyl groups excluding tert-OH is 2. The van der Waals surface area contributed by atoms with Gasteiger partial charge in [0.25, 0.3) is 0 Å². The third-order valence-corrected chi connectivity index (χ3v) is 12.9. The van der Waals surface area contributed by atoms with Crippen molar-refractivity contribution in [3.8, 4) is 0 Å². The number of hydrogen-bond donors (Lipinski definition) is 2. The minimum atomic E-state index is -0.261. The van der Waals surface area contributed by atoms with E-state index in [2.05, 4.69) is 34.6 Å². The zero-order valence-corrected chi connectivity index (χ0v) is 20.5. The van der Waals surface area contributed by atoms with Gasteiger partial charge in [-0.3, -0.25) is 0 Å². The summed E-state index contributed by atoms with van der Waals surface area (Å²) in [4.78, 5) is 0. The third-order valence-electron chi connectivity index (χ3n) is 12.9. The summed E-state index contributed by atoms with van der Waals surface area (Å²) >= 11 is 0. The molecule has 0 radical (unpaired) electrons. The van der Waals surface area contributed by atoms with E-state index in [-0.39, 0.29) is 46.3 Å². The summed E-state index contributed by atoms with van der Waals surface area (Å²) in [5, 5.41) is 22.7. The fraction of sp³-hybridized carbons (Fsp3) is 1.00. The lowest BCUT2D eigenvalue weighted by Crippen LogP contribution is -2.61. The van der Waals surface area contributed by atoms with Crippen LogP contribution in [0, 0.1) is 50.7 Å². The second-order valence-corrected chi connectivity index (χ2v) is 13.8. The first-order valence-corrected chi connectivity index (χ1v) is 13.0. The van der Waals surface area contributed by atoms with Crippen molar-refractivity contribution in [3.05, 3.63) is 0 Å². The number of methoxy groups -OCH3 is 1. The highest BCUT2D eigenvalue weighted by Gasteiger charge is 2.84. The van der Waals surface area contributed by atoms with Crippen molar-refractivity contribution in [3.63, 3.8) is 0 Å². The standard InChI is InChI=1S/C27H44O4/c1-15-11-20(30-6)31-17-13-25(5)22-16(28)12-18-23(2,3)19(29)7-8-26(18)14-27(22,26)10-9-24(25,4)21(15)17/h15-22,28-29H,7-14H2,1-6H3/t15-,16+,17+,18-,19+,20+,21+,22+,24-,25+,26-,27+/m1/s1. The van der Waals surface area contributed by atoms with Crippen molar-refractivity contribution in [1.29, 1.82) is 0 Å². The van der Waals surface area contributed by atoms with Crippen LogP contribution < -0.4 is 0 Å². The molecule has 6 fully saturated rings. The van der Waals surface area contributed by atoms with Crippen LogP contribution in [-0.4, -0.2) is 41.9 Å². The van der Waals surface area contributed by atoms with E-state index in [0.29, 0.717) is 29.1 Å². The fourth-order valence-corrected chi connectivity index (χ4v) is 11.4. The highest BCUT2D eigenvalue weighted by atomic mass is 16.7. The second-order valence-electron chi connectivity index (χ2n) is 13.8. The van der Waals surface area contributed by atoms with Gasteiger partial charge in [-0.2, -0.15) is 0 Å². The Morgan fingerprint density at radius 3 is 2.39 bits per heavy atom. The molecule has 5 saturated carbocycles. The van der Waals surface area contributed by atoms with Crippen molar-refractivity contribution < 1.29 is 19.7 Å². The Morgan fingerprint density at radius 1 is 0.935 bits per heavy atom. The maximum Gasteiger partial charge on any atom is 0.157 e. The molecule has 2 N–H and O–H groups in total. The monoisotopic (exact) mass is 432 g/mol. The first-order valence-electron chi connectivity index (χ1n) is 13.0. The van der Waals surface area contributed by atoms with Gasteiger partial charge in [-0.15, -0.1) is 0 Å². The number of fused-ring (bicyclic) bond motifs is 4. The SMILES string of the molecule is CO[C@@H]1C[C@@H](C)[C@H]2[C@H](C[C@@]3(C)[C@@H]4[C@@H](O)C[C@@H]5C(C)(C)[C@@H](O)CC[C@@]56C[C@@]46CC[C@]23C)O1. The Bertz CT molecular complexity index is 781. The highest BCUT2D eigenvalue weighted by Crippen LogP contribution is 2.89. The lowest BCUT2D eigenvalue weighted by molar-refractivity contribution is -0.220. The molecule has 4 heteroatoms. The molecule has 1 heterocycles. The van der Waals surface area contributed by atoms with E-state index in [1.165, 1.54) is 19.3 Å². The lowest BCUT2D eigenvalue weighted by Gasteiger charge is -2.64. The van der Waals surface area contributed by atoms with Gasteiger partial charge in [-0.25, -0.2) is 0 Å².